The van der Waals surface area contributed by atoms with Gasteiger partial charge >= 0.3 is 0 Å². The van der Waals surface area contributed by atoms with E-state index in [4.69, 9.17) is 5.73 Å². The summed E-state index contributed by atoms with van der Waals surface area (Å²) >= 11 is 0. The molecule has 1 fully saturated rings. The van der Waals surface area contributed by atoms with Gasteiger partial charge in [-0.15, -0.1) is 5.10 Å². The standard InChI is InChI=1S/C24H27N7O2/c1-15-10-11-30(24(15)33)12-16-2-4-17(5-3-16)13-31-14-21(28-29-31)23(32)27-20-8-7-19-18(20)6-9-22(25)26-19/h2-6,9,14-15,20H,7-8,10-13H2,1H3,(H2,25,26)(H,27,32). The fraction of sp³-hybridized carbons (Fsp3) is 0.375. The smallest absolute Gasteiger partial charge is 0.273 e. The Kier molecular flexibility index (Phi) is 5.53. The number of fused-ring (bicyclic) bond motifs is 1. The number of carbonyl (C=O) groups is 2. The third kappa shape index (κ3) is 4.44. The van der Waals surface area contributed by atoms with E-state index in [0.29, 0.717) is 18.9 Å². The van der Waals surface area contributed by atoms with Crippen molar-refractivity contribution in [3.05, 3.63) is 70.7 Å². The van der Waals surface area contributed by atoms with Gasteiger partial charge in [-0.1, -0.05) is 42.5 Å². The lowest BCUT2D eigenvalue weighted by molar-refractivity contribution is -0.131. The van der Waals surface area contributed by atoms with Crippen molar-refractivity contribution in [3.63, 3.8) is 0 Å². The van der Waals surface area contributed by atoms with Crippen LogP contribution in [0.1, 0.15) is 58.7 Å². The highest BCUT2D eigenvalue weighted by Gasteiger charge is 2.28. The quantitative estimate of drug-likeness (QED) is 0.600. The number of pyridine rings is 1. The summed E-state index contributed by atoms with van der Waals surface area (Å²) in [5.74, 6) is 0.600. The number of nitrogens with two attached hydrogens (primary N) is 1. The maximum absolute atomic E-state index is 12.7. The third-order valence-electron chi connectivity index (χ3n) is 6.46. The predicted molar refractivity (Wildman–Crippen MR) is 122 cm³/mol. The minimum atomic E-state index is -0.254. The molecule has 33 heavy (non-hydrogen) atoms. The maximum Gasteiger partial charge on any atom is 0.273 e. The molecule has 3 heterocycles. The molecule has 0 bridgehead atoms. The highest BCUT2D eigenvalue weighted by molar-refractivity contribution is 5.92. The summed E-state index contributed by atoms with van der Waals surface area (Å²) in [6, 6.07) is 11.7. The van der Waals surface area contributed by atoms with Crippen LogP contribution in [-0.2, 0) is 24.3 Å². The van der Waals surface area contributed by atoms with Crippen LogP contribution in [0, 0.1) is 5.92 Å². The molecule has 9 nitrogen and oxygen atoms in total. The van der Waals surface area contributed by atoms with Gasteiger partial charge in [0, 0.05) is 24.7 Å². The van der Waals surface area contributed by atoms with Gasteiger partial charge in [0.2, 0.25) is 5.91 Å². The van der Waals surface area contributed by atoms with Crippen LogP contribution in [-0.4, -0.2) is 43.2 Å². The van der Waals surface area contributed by atoms with Crippen molar-refractivity contribution >= 4 is 17.6 Å². The van der Waals surface area contributed by atoms with Crippen LogP contribution >= 0.6 is 0 Å². The fourth-order valence-electron chi connectivity index (χ4n) is 4.55. The van der Waals surface area contributed by atoms with Crippen LogP contribution in [0.2, 0.25) is 0 Å². The summed E-state index contributed by atoms with van der Waals surface area (Å²) in [5.41, 5.74) is 10.1. The Morgan fingerprint density at radius 1 is 1.12 bits per heavy atom. The summed E-state index contributed by atoms with van der Waals surface area (Å²) in [6.45, 7) is 3.96. The van der Waals surface area contributed by atoms with Gasteiger partial charge in [-0.3, -0.25) is 9.59 Å². The number of anilines is 1. The zero-order valence-corrected chi connectivity index (χ0v) is 18.6. The zero-order valence-electron chi connectivity index (χ0n) is 18.6. The molecule has 3 aromatic rings. The number of nitrogens with one attached hydrogen (secondary N) is 1. The second-order valence-electron chi connectivity index (χ2n) is 8.90. The van der Waals surface area contributed by atoms with Gasteiger partial charge in [-0.25, -0.2) is 9.67 Å². The number of amides is 2. The molecule has 1 aliphatic carbocycles. The summed E-state index contributed by atoms with van der Waals surface area (Å²) < 4.78 is 1.65. The molecular weight excluding hydrogens is 418 g/mol. The largest absolute Gasteiger partial charge is 0.384 e. The van der Waals surface area contributed by atoms with E-state index in [0.717, 1.165) is 48.2 Å². The molecule has 2 aromatic heterocycles. The molecule has 2 atom stereocenters. The molecule has 170 valence electrons. The lowest BCUT2D eigenvalue weighted by Gasteiger charge is -2.16. The van der Waals surface area contributed by atoms with Gasteiger partial charge in [0.25, 0.3) is 5.91 Å². The van der Waals surface area contributed by atoms with Gasteiger partial charge in [0.15, 0.2) is 5.69 Å². The highest BCUT2D eigenvalue weighted by atomic mass is 16.2. The molecule has 1 saturated heterocycles. The van der Waals surface area contributed by atoms with Crippen molar-refractivity contribution < 1.29 is 9.59 Å². The minimum absolute atomic E-state index is 0.0937. The summed E-state index contributed by atoms with van der Waals surface area (Å²) in [6.07, 6.45) is 4.17. The number of likely N-dealkylation sites (tertiary alicyclic amines) is 1. The van der Waals surface area contributed by atoms with E-state index in [1.807, 2.05) is 42.2 Å². The third-order valence-corrected chi connectivity index (χ3v) is 6.46. The molecule has 3 N–H and O–H groups in total. The number of hydrogen-bond acceptors (Lipinski definition) is 6. The van der Waals surface area contributed by atoms with Crippen molar-refractivity contribution in [1.82, 2.24) is 30.2 Å². The van der Waals surface area contributed by atoms with Crippen molar-refractivity contribution in [2.24, 2.45) is 5.92 Å². The van der Waals surface area contributed by atoms with Crippen LogP contribution in [0.25, 0.3) is 0 Å². The maximum atomic E-state index is 12.7. The van der Waals surface area contributed by atoms with Crippen molar-refractivity contribution in [3.8, 4) is 0 Å². The molecule has 9 heteroatoms. The van der Waals surface area contributed by atoms with E-state index in [2.05, 4.69) is 20.6 Å². The molecule has 0 radical (unpaired) electrons. The first-order valence-electron chi connectivity index (χ1n) is 11.3. The molecular formula is C24H27N7O2. The molecule has 2 amide bonds. The average molecular weight is 446 g/mol. The first kappa shape index (κ1) is 21.1. The molecule has 0 spiro atoms. The summed E-state index contributed by atoms with van der Waals surface area (Å²) in [4.78, 5) is 31.1. The van der Waals surface area contributed by atoms with Crippen LogP contribution in [0.3, 0.4) is 0 Å². The average Bonchev–Trinajstić information content (AvgIpc) is 3.51. The van der Waals surface area contributed by atoms with Gasteiger partial charge < -0.3 is 16.0 Å². The number of aryl methyl sites for hydroxylation is 1. The molecule has 0 saturated carbocycles. The van der Waals surface area contributed by atoms with Crippen molar-refractivity contribution in [1.29, 1.82) is 0 Å². The number of aromatic nitrogens is 4. The first-order chi connectivity index (χ1) is 16.0. The van der Waals surface area contributed by atoms with E-state index in [1.165, 1.54) is 0 Å². The number of nitrogen functional groups attached to an aromatic ring is 1. The number of benzene rings is 1. The normalized spacial score (nSPS) is 19.7. The molecule has 2 unspecified atom stereocenters. The SMILES string of the molecule is CC1CCN(Cc2ccc(Cn3cc(C(=O)NC4CCc5nc(N)ccc54)nn3)cc2)C1=O. The van der Waals surface area contributed by atoms with E-state index >= 15 is 0 Å². The number of hydrogen-bond donors (Lipinski definition) is 2. The monoisotopic (exact) mass is 445 g/mol. The van der Waals surface area contributed by atoms with Gasteiger partial charge in [-0.05, 0) is 42.0 Å². The number of carbonyl (C=O) groups excluding carboxylic acids is 2. The van der Waals surface area contributed by atoms with Gasteiger partial charge in [0.1, 0.15) is 5.82 Å². The van der Waals surface area contributed by atoms with Crippen molar-refractivity contribution in [2.75, 3.05) is 12.3 Å². The highest BCUT2D eigenvalue weighted by Crippen LogP contribution is 2.30. The van der Waals surface area contributed by atoms with Crippen LogP contribution in [0.15, 0.2) is 42.6 Å². The minimum Gasteiger partial charge on any atom is -0.384 e. The zero-order chi connectivity index (χ0) is 22.9. The van der Waals surface area contributed by atoms with E-state index in [1.54, 1.807) is 16.9 Å². The van der Waals surface area contributed by atoms with E-state index < -0.39 is 0 Å². The Bertz CT molecular complexity index is 1190. The Balaban J connectivity index is 1.18. The van der Waals surface area contributed by atoms with Crippen LogP contribution in [0.5, 0.6) is 0 Å². The molecule has 1 aliphatic heterocycles. The van der Waals surface area contributed by atoms with Crippen LogP contribution < -0.4 is 11.1 Å². The topological polar surface area (TPSA) is 119 Å². The Morgan fingerprint density at radius 2 is 1.88 bits per heavy atom. The number of rotatable bonds is 6. The van der Waals surface area contributed by atoms with Gasteiger partial charge in [-0.2, -0.15) is 0 Å². The van der Waals surface area contributed by atoms with Crippen molar-refractivity contribution in [2.45, 2.75) is 45.3 Å². The number of nitrogens with zero attached hydrogens (tertiary/aromatic N) is 5. The molecule has 5 rings (SSSR count). The summed E-state index contributed by atoms with van der Waals surface area (Å²) in [5, 5.41) is 11.2. The predicted octanol–water partition coefficient (Wildman–Crippen LogP) is 2.09. The van der Waals surface area contributed by atoms with E-state index in [-0.39, 0.29) is 29.5 Å². The second kappa shape index (κ2) is 8.65. The Hall–Kier alpha value is -3.75. The molecule has 1 aromatic carbocycles. The Morgan fingerprint density at radius 3 is 2.61 bits per heavy atom. The second-order valence-corrected chi connectivity index (χ2v) is 8.90. The first-order valence-corrected chi connectivity index (χ1v) is 11.3. The molecule has 2 aliphatic rings. The lowest BCUT2D eigenvalue weighted by atomic mass is 10.1. The summed E-state index contributed by atoms with van der Waals surface area (Å²) in [7, 11) is 0. The Labute approximate surface area is 192 Å². The van der Waals surface area contributed by atoms with Crippen LogP contribution in [0.4, 0.5) is 5.82 Å². The van der Waals surface area contributed by atoms with Gasteiger partial charge in [0.05, 0.1) is 18.8 Å². The lowest BCUT2D eigenvalue weighted by Crippen LogP contribution is -2.27. The van der Waals surface area contributed by atoms with E-state index in [9.17, 15) is 9.59 Å². The fourth-order valence-corrected chi connectivity index (χ4v) is 4.55.